The predicted molar refractivity (Wildman–Crippen MR) is 130 cm³/mol. The number of ketones is 1. The zero-order chi connectivity index (χ0) is 25.1. The maximum Gasteiger partial charge on any atom is 0.316 e. The van der Waals surface area contributed by atoms with Crippen molar-refractivity contribution in [2.45, 2.75) is 90.8 Å². The smallest absolute Gasteiger partial charge is 0.316 e. The van der Waals surface area contributed by atoms with Crippen molar-refractivity contribution in [3.63, 3.8) is 0 Å². The SMILES string of the molecule is COC(=O)CC1[C@H](CC2=C(C)[C@@H](C3CCCCC3)CC2)[C@H](O)[C@@H]2OC(=O)[C@]3(C)C=CC(=O)[C@@]1(C)[C@@H]23. The molecule has 1 saturated heterocycles. The van der Waals surface area contributed by atoms with Crippen LogP contribution in [0, 0.1) is 40.4 Å². The Morgan fingerprint density at radius 1 is 1.17 bits per heavy atom. The summed E-state index contributed by atoms with van der Waals surface area (Å²) in [4.78, 5) is 39.1. The zero-order valence-electron chi connectivity index (χ0n) is 21.5. The van der Waals surface area contributed by atoms with Gasteiger partial charge < -0.3 is 14.6 Å². The minimum absolute atomic E-state index is 0.0418. The van der Waals surface area contributed by atoms with Gasteiger partial charge in [-0.3, -0.25) is 14.4 Å². The van der Waals surface area contributed by atoms with Crippen molar-refractivity contribution in [3.05, 3.63) is 23.3 Å². The summed E-state index contributed by atoms with van der Waals surface area (Å²) in [6, 6.07) is 0. The highest BCUT2D eigenvalue weighted by Gasteiger charge is 2.71. The predicted octanol–water partition coefficient (Wildman–Crippen LogP) is 4.55. The summed E-state index contributed by atoms with van der Waals surface area (Å²) in [5.74, 6) is -0.841. The molecule has 0 aromatic carbocycles. The molecule has 35 heavy (non-hydrogen) atoms. The van der Waals surface area contributed by atoms with E-state index in [1.165, 1.54) is 56.4 Å². The summed E-state index contributed by atoms with van der Waals surface area (Å²) in [6.07, 6.45) is 10.8. The molecule has 5 aliphatic rings. The van der Waals surface area contributed by atoms with E-state index in [1.807, 2.05) is 6.92 Å². The van der Waals surface area contributed by atoms with Crippen LogP contribution in [0.15, 0.2) is 23.3 Å². The first kappa shape index (κ1) is 24.7. The average molecular weight is 485 g/mol. The van der Waals surface area contributed by atoms with Gasteiger partial charge in [-0.2, -0.15) is 0 Å². The molecule has 1 heterocycles. The van der Waals surface area contributed by atoms with E-state index in [0.717, 1.165) is 18.8 Å². The van der Waals surface area contributed by atoms with Gasteiger partial charge in [0.15, 0.2) is 5.78 Å². The standard InChI is InChI=1S/C29H40O6/c1-16-18(10-11-19(16)17-8-6-5-7-9-17)14-20-21(15-23(31)34-4)29(3)22(30)12-13-28(2)26(29)25(24(20)32)35-27(28)33/h12-13,17,19-21,24-26,32H,5-11,14-15H2,1-4H3/t19-,20-,21?,24-,25-,26-,28+,29-/m0/s1. The lowest BCUT2D eigenvalue weighted by atomic mass is 9.46. The molecule has 4 aliphatic carbocycles. The Kier molecular flexibility index (Phi) is 6.26. The van der Waals surface area contributed by atoms with Crippen LogP contribution in [-0.2, 0) is 23.9 Å². The van der Waals surface area contributed by atoms with Gasteiger partial charge in [0, 0.05) is 17.8 Å². The number of hydrogen-bond acceptors (Lipinski definition) is 6. The van der Waals surface area contributed by atoms with Crippen LogP contribution in [0.1, 0.15) is 78.6 Å². The van der Waals surface area contributed by atoms with E-state index in [1.54, 1.807) is 13.0 Å². The number of aliphatic hydroxyl groups is 1. The second kappa shape index (κ2) is 8.86. The fourth-order valence-electron chi connectivity index (χ4n) is 8.68. The van der Waals surface area contributed by atoms with Crippen LogP contribution in [0.25, 0.3) is 0 Å². The van der Waals surface area contributed by atoms with Crippen molar-refractivity contribution >= 4 is 17.7 Å². The Hall–Kier alpha value is -1.95. The van der Waals surface area contributed by atoms with Gasteiger partial charge >= 0.3 is 11.9 Å². The molecule has 6 nitrogen and oxygen atoms in total. The first-order valence-corrected chi connectivity index (χ1v) is 13.5. The molecule has 5 rings (SSSR count). The molecule has 3 fully saturated rings. The van der Waals surface area contributed by atoms with Crippen molar-refractivity contribution in [1.82, 2.24) is 0 Å². The Morgan fingerprint density at radius 2 is 1.89 bits per heavy atom. The average Bonchev–Trinajstić information content (AvgIpc) is 3.35. The minimum Gasteiger partial charge on any atom is -0.469 e. The number of carbonyl (C=O) groups excluding carboxylic acids is 3. The number of allylic oxidation sites excluding steroid dienone is 3. The number of esters is 2. The van der Waals surface area contributed by atoms with Crippen LogP contribution in [0.4, 0.5) is 0 Å². The molecule has 8 atom stereocenters. The van der Waals surface area contributed by atoms with Crippen molar-refractivity contribution in [3.8, 4) is 0 Å². The van der Waals surface area contributed by atoms with E-state index in [0.29, 0.717) is 12.3 Å². The lowest BCUT2D eigenvalue weighted by molar-refractivity contribution is -0.177. The molecule has 1 N–H and O–H groups in total. The van der Waals surface area contributed by atoms with Gasteiger partial charge in [-0.05, 0) is 75.7 Å². The summed E-state index contributed by atoms with van der Waals surface area (Å²) >= 11 is 0. The topological polar surface area (TPSA) is 89.9 Å². The molecule has 0 aromatic rings. The normalized spacial score (nSPS) is 43.3. The number of rotatable bonds is 5. The van der Waals surface area contributed by atoms with Gasteiger partial charge in [0.2, 0.25) is 0 Å². The molecule has 1 aliphatic heterocycles. The largest absolute Gasteiger partial charge is 0.469 e. The van der Waals surface area contributed by atoms with Crippen LogP contribution in [0.2, 0.25) is 0 Å². The van der Waals surface area contributed by atoms with E-state index >= 15 is 0 Å². The molecule has 192 valence electrons. The maximum atomic E-state index is 13.5. The Morgan fingerprint density at radius 3 is 2.57 bits per heavy atom. The second-order valence-electron chi connectivity index (χ2n) is 12.2. The highest BCUT2D eigenvalue weighted by molar-refractivity contribution is 6.00. The summed E-state index contributed by atoms with van der Waals surface area (Å²) in [7, 11) is 1.36. The van der Waals surface area contributed by atoms with Gasteiger partial charge in [-0.1, -0.05) is 43.4 Å². The lowest BCUT2D eigenvalue weighted by Gasteiger charge is -2.55. The molecule has 1 unspecified atom stereocenters. The Labute approximate surface area is 208 Å². The van der Waals surface area contributed by atoms with Crippen LogP contribution in [0.5, 0.6) is 0 Å². The first-order valence-electron chi connectivity index (χ1n) is 13.5. The molecule has 0 spiro atoms. The highest BCUT2D eigenvalue weighted by atomic mass is 16.6. The number of hydrogen-bond donors (Lipinski definition) is 1. The number of carbonyl (C=O) groups is 3. The van der Waals surface area contributed by atoms with Crippen molar-refractivity contribution in [2.24, 2.45) is 40.4 Å². The van der Waals surface area contributed by atoms with Crippen LogP contribution < -0.4 is 0 Å². The third kappa shape index (κ3) is 3.65. The van der Waals surface area contributed by atoms with E-state index in [-0.39, 0.29) is 18.1 Å². The number of ether oxygens (including phenoxy) is 2. The van der Waals surface area contributed by atoms with Gasteiger partial charge in [0.1, 0.15) is 6.10 Å². The summed E-state index contributed by atoms with van der Waals surface area (Å²) < 4.78 is 10.8. The third-order valence-electron chi connectivity index (χ3n) is 10.7. The first-order chi connectivity index (χ1) is 16.6. The van der Waals surface area contributed by atoms with Crippen LogP contribution >= 0.6 is 0 Å². The monoisotopic (exact) mass is 484 g/mol. The van der Waals surface area contributed by atoms with E-state index in [2.05, 4.69) is 6.92 Å². The summed E-state index contributed by atoms with van der Waals surface area (Å²) in [5, 5.41) is 11.7. The number of methoxy groups -OCH3 is 1. The van der Waals surface area contributed by atoms with E-state index in [4.69, 9.17) is 9.47 Å². The second-order valence-corrected chi connectivity index (χ2v) is 12.2. The van der Waals surface area contributed by atoms with Gasteiger partial charge in [0.25, 0.3) is 0 Å². The Bertz CT molecular complexity index is 974. The van der Waals surface area contributed by atoms with E-state index in [9.17, 15) is 19.5 Å². The molecule has 2 saturated carbocycles. The van der Waals surface area contributed by atoms with Crippen LogP contribution in [-0.4, -0.2) is 42.1 Å². The summed E-state index contributed by atoms with van der Waals surface area (Å²) in [6.45, 7) is 5.92. The molecular formula is C29H40O6. The third-order valence-corrected chi connectivity index (χ3v) is 10.7. The minimum atomic E-state index is -0.992. The molecule has 0 bridgehead atoms. The summed E-state index contributed by atoms with van der Waals surface area (Å²) in [5.41, 5.74) is 0.819. The highest BCUT2D eigenvalue weighted by Crippen LogP contribution is 2.63. The molecule has 0 amide bonds. The molecule has 0 radical (unpaired) electrons. The van der Waals surface area contributed by atoms with Gasteiger partial charge in [0.05, 0.1) is 18.6 Å². The van der Waals surface area contributed by atoms with Gasteiger partial charge in [-0.15, -0.1) is 0 Å². The molecule has 0 aromatic heterocycles. The van der Waals surface area contributed by atoms with Crippen LogP contribution in [0.3, 0.4) is 0 Å². The Balaban J connectivity index is 1.52. The fourth-order valence-corrected chi connectivity index (χ4v) is 8.68. The van der Waals surface area contributed by atoms with Crippen molar-refractivity contribution < 1.29 is 29.0 Å². The lowest BCUT2D eigenvalue weighted by Crippen LogP contribution is -2.63. The molecular weight excluding hydrogens is 444 g/mol. The van der Waals surface area contributed by atoms with E-state index < -0.39 is 46.8 Å². The zero-order valence-corrected chi connectivity index (χ0v) is 21.5. The van der Waals surface area contributed by atoms with Gasteiger partial charge in [-0.25, -0.2) is 0 Å². The quantitative estimate of drug-likeness (QED) is 0.455. The van der Waals surface area contributed by atoms with Crippen molar-refractivity contribution in [1.29, 1.82) is 0 Å². The maximum absolute atomic E-state index is 13.5. The fraction of sp³-hybridized carbons (Fsp3) is 0.759. The number of aliphatic hydroxyl groups excluding tert-OH is 1. The molecule has 6 heteroatoms. The van der Waals surface area contributed by atoms with Crippen molar-refractivity contribution in [2.75, 3.05) is 7.11 Å².